The number of rotatable bonds is 7. The standard InChI is InChI=1S/C15H21Cl2N3O2/c1-10(13-5-4-12(16)8-14(13)17)20(3)9-15(22)19-7-6-18-11(2)21/h4-5,8,10H,6-7,9H2,1-3H3,(H,18,21)(H,19,22). The monoisotopic (exact) mass is 345 g/mol. The Kier molecular flexibility index (Phi) is 7.65. The van der Waals surface area contributed by atoms with Crippen molar-refractivity contribution >= 4 is 35.0 Å². The number of amides is 2. The molecule has 2 amide bonds. The Labute approximate surface area is 141 Å². The molecule has 0 aliphatic heterocycles. The predicted molar refractivity (Wildman–Crippen MR) is 89.2 cm³/mol. The SMILES string of the molecule is CC(=O)NCCNC(=O)CN(C)C(C)c1ccc(Cl)cc1Cl. The lowest BCUT2D eigenvalue weighted by Crippen LogP contribution is -2.39. The van der Waals surface area contributed by atoms with Crippen LogP contribution in [-0.2, 0) is 9.59 Å². The lowest BCUT2D eigenvalue weighted by molar-refractivity contribution is -0.123. The smallest absolute Gasteiger partial charge is 0.234 e. The van der Waals surface area contributed by atoms with Crippen LogP contribution < -0.4 is 10.6 Å². The molecule has 0 saturated heterocycles. The van der Waals surface area contributed by atoms with Crippen molar-refractivity contribution in [2.45, 2.75) is 19.9 Å². The Morgan fingerprint density at radius 1 is 1.23 bits per heavy atom. The second kappa shape index (κ2) is 8.98. The van der Waals surface area contributed by atoms with Gasteiger partial charge in [0.05, 0.1) is 6.54 Å². The minimum Gasteiger partial charge on any atom is -0.355 e. The average Bonchev–Trinajstić information content (AvgIpc) is 2.42. The number of carbonyl (C=O) groups excluding carboxylic acids is 2. The summed E-state index contributed by atoms with van der Waals surface area (Å²) < 4.78 is 0. The Balaban J connectivity index is 2.48. The van der Waals surface area contributed by atoms with Crippen LogP contribution in [0.5, 0.6) is 0 Å². The Morgan fingerprint density at radius 2 is 1.86 bits per heavy atom. The summed E-state index contributed by atoms with van der Waals surface area (Å²) in [6, 6.07) is 5.31. The minimum absolute atomic E-state index is 0.0224. The normalized spacial score (nSPS) is 12.1. The van der Waals surface area contributed by atoms with Gasteiger partial charge in [-0.25, -0.2) is 0 Å². The number of carbonyl (C=O) groups is 2. The zero-order valence-corrected chi connectivity index (χ0v) is 14.5. The molecule has 1 unspecified atom stereocenters. The second-order valence-electron chi connectivity index (χ2n) is 5.09. The first-order chi connectivity index (χ1) is 10.3. The van der Waals surface area contributed by atoms with E-state index in [-0.39, 0.29) is 24.4 Å². The van der Waals surface area contributed by atoms with Crippen molar-refractivity contribution in [2.75, 3.05) is 26.7 Å². The lowest BCUT2D eigenvalue weighted by Gasteiger charge is -2.25. The molecular weight excluding hydrogens is 325 g/mol. The maximum atomic E-state index is 11.9. The molecule has 0 saturated carbocycles. The third kappa shape index (κ3) is 6.22. The molecule has 1 aromatic carbocycles. The van der Waals surface area contributed by atoms with Crippen LogP contribution in [0.1, 0.15) is 25.5 Å². The third-order valence-electron chi connectivity index (χ3n) is 3.29. The first-order valence-electron chi connectivity index (χ1n) is 6.97. The van der Waals surface area contributed by atoms with E-state index in [1.54, 1.807) is 12.1 Å². The summed E-state index contributed by atoms with van der Waals surface area (Å²) in [7, 11) is 1.85. The molecule has 0 aliphatic rings. The number of benzene rings is 1. The van der Waals surface area contributed by atoms with Crippen LogP contribution in [0, 0.1) is 0 Å². The second-order valence-corrected chi connectivity index (χ2v) is 5.93. The van der Waals surface area contributed by atoms with Crippen LogP contribution in [-0.4, -0.2) is 43.4 Å². The van der Waals surface area contributed by atoms with Crippen LogP contribution in [0.2, 0.25) is 10.0 Å². The summed E-state index contributed by atoms with van der Waals surface area (Å²) >= 11 is 12.1. The third-order valence-corrected chi connectivity index (χ3v) is 3.85. The highest BCUT2D eigenvalue weighted by molar-refractivity contribution is 6.35. The molecule has 1 atom stereocenters. The van der Waals surface area contributed by atoms with Crippen LogP contribution >= 0.6 is 23.2 Å². The highest BCUT2D eigenvalue weighted by atomic mass is 35.5. The largest absolute Gasteiger partial charge is 0.355 e. The van der Waals surface area contributed by atoms with Crippen molar-refractivity contribution in [3.8, 4) is 0 Å². The molecule has 1 rings (SSSR count). The highest BCUT2D eigenvalue weighted by Gasteiger charge is 2.17. The fourth-order valence-electron chi connectivity index (χ4n) is 1.94. The predicted octanol–water partition coefficient (Wildman–Crippen LogP) is 2.24. The molecule has 0 spiro atoms. The van der Waals surface area contributed by atoms with Crippen molar-refractivity contribution in [3.63, 3.8) is 0 Å². The van der Waals surface area contributed by atoms with Gasteiger partial charge in [0, 0.05) is 36.1 Å². The summed E-state index contributed by atoms with van der Waals surface area (Å²) in [6.07, 6.45) is 0. The lowest BCUT2D eigenvalue weighted by atomic mass is 10.1. The van der Waals surface area contributed by atoms with E-state index in [0.29, 0.717) is 23.1 Å². The first kappa shape index (κ1) is 18.7. The van der Waals surface area contributed by atoms with Gasteiger partial charge < -0.3 is 10.6 Å². The van der Waals surface area contributed by atoms with Crippen LogP contribution in [0.25, 0.3) is 0 Å². The quantitative estimate of drug-likeness (QED) is 0.745. The fraction of sp³-hybridized carbons (Fsp3) is 0.467. The average molecular weight is 346 g/mol. The number of halogens is 2. The first-order valence-corrected chi connectivity index (χ1v) is 7.73. The summed E-state index contributed by atoms with van der Waals surface area (Å²) in [5.41, 5.74) is 0.916. The van der Waals surface area contributed by atoms with Gasteiger partial charge in [-0.05, 0) is 31.7 Å². The van der Waals surface area contributed by atoms with E-state index in [0.717, 1.165) is 5.56 Å². The number of hydrogen-bond donors (Lipinski definition) is 2. The van der Waals surface area contributed by atoms with Crippen molar-refractivity contribution in [1.29, 1.82) is 0 Å². The number of nitrogens with zero attached hydrogens (tertiary/aromatic N) is 1. The Hall–Kier alpha value is -1.30. The topological polar surface area (TPSA) is 61.4 Å². The minimum atomic E-state index is -0.114. The van der Waals surface area contributed by atoms with E-state index in [1.165, 1.54) is 6.92 Å². The van der Waals surface area contributed by atoms with Gasteiger partial charge in [0.25, 0.3) is 0 Å². The maximum Gasteiger partial charge on any atom is 0.234 e. The van der Waals surface area contributed by atoms with E-state index < -0.39 is 0 Å². The number of nitrogens with one attached hydrogen (secondary N) is 2. The van der Waals surface area contributed by atoms with Crippen LogP contribution in [0.3, 0.4) is 0 Å². The molecule has 0 aromatic heterocycles. The molecule has 2 N–H and O–H groups in total. The Morgan fingerprint density at radius 3 is 2.45 bits per heavy atom. The van der Waals surface area contributed by atoms with Crippen molar-refractivity contribution < 1.29 is 9.59 Å². The summed E-state index contributed by atoms with van der Waals surface area (Å²) in [4.78, 5) is 24.5. The van der Waals surface area contributed by atoms with Crippen molar-refractivity contribution in [1.82, 2.24) is 15.5 Å². The van der Waals surface area contributed by atoms with Crippen LogP contribution in [0.15, 0.2) is 18.2 Å². The van der Waals surface area contributed by atoms with E-state index in [4.69, 9.17) is 23.2 Å². The molecule has 22 heavy (non-hydrogen) atoms. The van der Waals surface area contributed by atoms with Crippen molar-refractivity contribution in [2.24, 2.45) is 0 Å². The van der Waals surface area contributed by atoms with Gasteiger partial charge in [0.15, 0.2) is 0 Å². The molecule has 122 valence electrons. The van der Waals surface area contributed by atoms with Gasteiger partial charge >= 0.3 is 0 Å². The zero-order valence-electron chi connectivity index (χ0n) is 13.0. The summed E-state index contributed by atoms with van der Waals surface area (Å²) in [5, 5.41) is 6.53. The van der Waals surface area contributed by atoms with E-state index in [9.17, 15) is 9.59 Å². The van der Waals surface area contributed by atoms with Gasteiger partial charge in [0.1, 0.15) is 0 Å². The summed E-state index contributed by atoms with van der Waals surface area (Å²) in [5.74, 6) is -0.220. The highest BCUT2D eigenvalue weighted by Crippen LogP contribution is 2.28. The molecule has 0 radical (unpaired) electrons. The van der Waals surface area contributed by atoms with E-state index in [2.05, 4.69) is 10.6 Å². The van der Waals surface area contributed by atoms with E-state index in [1.807, 2.05) is 24.9 Å². The van der Waals surface area contributed by atoms with Gasteiger partial charge in [-0.2, -0.15) is 0 Å². The van der Waals surface area contributed by atoms with Gasteiger partial charge in [-0.1, -0.05) is 29.3 Å². The molecule has 0 fully saturated rings. The fourth-order valence-corrected chi connectivity index (χ4v) is 2.50. The number of likely N-dealkylation sites (N-methyl/N-ethyl adjacent to an activating group) is 1. The molecule has 0 aliphatic carbocycles. The molecule has 0 bridgehead atoms. The Bertz CT molecular complexity index is 538. The molecule has 0 heterocycles. The van der Waals surface area contributed by atoms with Crippen LogP contribution in [0.4, 0.5) is 0 Å². The number of hydrogen-bond acceptors (Lipinski definition) is 3. The molecular formula is C15H21Cl2N3O2. The molecule has 7 heteroatoms. The van der Waals surface area contributed by atoms with E-state index >= 15 is 0 Å². The van der Waals surface area contributed by atoms with Gasteiger partial charge in [-0.15, -0.1) is 0 Å². The molecule has 1 aromatic rings. The molecule has 5 nitrogen and oxygen atoms in total. The van der Waals surface area contributed by atoms with Gasteiger partial charge in [-0.3, -0.25) is 14.5 Å². The van der Waals surface area contributed by atoms with Gasteiger partial charge in [0.2, 0.25) is 11.8 Å². The maximum absolute atomic E-state index is 11.9. The van der Waals surface area contributed by atoms with Crippen molar-refractivity contribution in [3.05, 3.63) is 33.8 Å². The zero-order chi connectivity index (χ0) is 16.7. The summed E-state index contributed by atoms with van der Waals surface area (Å²) in [6.45, 7) is 4.47.